The molecule has 3 aromatic carbocycles. The van der Waals surface area contributed by atoms with E-state index in [-0.39, 0.29) is 47.2 Å². The van der Waals surface area contributed by atoms with Gasteiger partial charge < -0.3 is 25.4 Å². The third kappa shape index (κ3) is 9.61. The molecule has 4 heterocycles. The highest BCUT2D eigenvalue weighted by Gasteiger charge is 2.49. The lowest BCUT2D eigenvalue weighted by atomic mass is 9.71. The summed E-state index contributed by atoms with van der Waals surface area (Å²) < 4.78 is 2.19. The van der Waals surface area contributed by atoms with Gasteiger partial charge in [-0.3, -0.25) is 48.7 Å². The number of hydrogen-bond donors (Lipinski definition) is 4. The Morgan fingerprint density at radius 3 is 2.23 bits per heavy atom. The first-order valence-corrected chi connectivity index (χ1v) is 22.9. The molecule has 2 fully saturated rings. The van der Waals surface area contributed by atoms with Crippen molar-refractivity contribution in [2.24, 2.45) is 0 Å². The minimum Gasteiger partial charge on any atom is -0.384 e. The zero-order valence-electron chi connectivity index (χ0n) is 37.3. The topological polar surface area (TPSA) is 182 Å². The van der Waals surface area contributed by atoms with E-state index in [2.05, 4.69) is 36.8 Å². The number of imide groups is 2. The minimum absolute atomic E-state index is 0.00681. The van der Waals surface area contributed by atoms with Gasteiger partial charge in [-0.25, -0.2) is 0 Å². The van der Waals surface area contributed by atoms with Crippen LogP contribution in [0.15, 0.2) is 78.9 Å². The van der Waals surface area contributed by atoms with E-state index in [1.54, 1.807) is 37.2 Å². The number of nitrogens with one attached hydrogen (secondary N) is 4. The Bertz CT molecular complexity index is 2470. The van der Waals surface area contributed by atoms with Crippen LogP contribution < -0.4 is 21.3 Å². The van der Waals surface area contributed by atoms with E-state index in [4.69, 9.17) is 0 Å². The first-order valence-electron chi connectivity index (χ1n) is 22.9. The molecule has 3 aliphatic heterocycles. The summed E-state index contributed by atoms with van der Waals surface area (Å²) in [6.07, 6.45) is 9.37. The van der Waals surface area contributed by atoms with E-state index in [9.17, 15) is 33.6 Å². The number of nitrogens with zero attached hydrogens (tertiary/aromatic N) is 4. The van der Waals surface area contributed by atoms with Crippen LogP contribution in [0.5, 0.6) is 0 Å². The Morgan fingerprint density at radius 1 is 0.800 bits per heavy atom. The summed E-state index contributed by atoms with van der Waals surface area (Å²) in [5, 5.41) is 11.6. The summed E-state index contributed by atoms with van der Waals surface area (Å²) in [5.74, 6) is -2.24. The highest BCUT2D eigenvalue weighted by molar-refractivity contribution is 6.25. The van der Waals surface area contributed by atoms with Gasteiger partial charge in [0.1, 0.15) is 11.7 Å². The second-order valence-electron chi connectivity index (χ2n) is 17.9. The number of hydrogen-bond acceptors (Lipinski definition) is 9. The van der Waals surface area contributed by atoms with Gasteiger partial charge in [0.15, 0.2) is 0 Å². The SMILES string of the molecule is CN(C)C(=O)c1ccc(CN2CCn3c(C(=O)NCc4ccc(NC(=O)CCCCCCCCNc5cccc6c5C(=O)N(C5CCC(=O)NC5=O)C6=O)cc4)ccc3C23CCC3)cc1. The Labute approximate surface area is 379 Å². The number of benzene rings is 3. The van der Waals surface area contributed by atoms with Crippen molar-refractivity contribution in [2.45, 2.75) is 108 Å². The molecule has 1 spiro atoms. The molecule has 1 aliphatic carbocycles. The first-order chi connectivity index (χ1) is 31.4. The normalized spacial score (nSPS) is 17.6. The van der Waals surface area contributed by atoms with Crippen LogP contribution in [-0.4, -0.2) is 93.8 Å². The average molecular weight is 883 g/mol. The average Bonchev–Trinajstić information content (AvgIpc) is 3.83. The van der Waals surface area contributed by atoms with Crippen molar-refractivity contribution in [1.29, 1.82) is 0 Å². The molecule has 1 atom stereocenters. The molecule has 1 saturated heterocycles. The standard InChI is InChI=1S/C50H58N8O7/c1-55(2)47(63)35-18-14-34(15-19-35)32-56-29-30-57-39(22-24-41(57)50(56)26-10-27-50)45(61)52-31-33-16-20-36(21-17-33)53-42(59)13-7-5-3-4-6-8-28-51-38-12-9-11-37-44(38)49(65)58(48(37)64)40-23-25-43(60)54-46(40)62/h9,11-12,14-22,24,40,51H,3-8,10,13,23,25-32H2,1-2H3,(H,52,61)(H,53,59)(H,54,60,62). The molecule has 8 rings (SSSR count). The number of anilines is 2. The molecule has 65 heavy (non-hydrogen) atoms. The molecular weight excluding hydrogens is 825 g/mol. The largest absolute Gasteiger partial charge is 0.384 e. The maximum atomic E-state index is 13.5. The maximum Gasteiger partial charge on any atom is 0.268 e. The van der Waals surface area contributed by atoms with E-state index in [0.717, 1.165) is 87.9 Å². The van der Waals surface area contributed by atoms with Gasteiger partial charge in [-0.1, -0.05) is 56.0 Å². The zero-order valence-corrected chi connectivity index (χ0v) is 37.3. The highest BCUT2D eigenvalue weighted by Crippen LogP contribution is 2.49. The van der Waals surface area contributed by atoms with Crippen LogP contribution in [-0.2, 0) is 39.6 Å². The van der Waals surface area contributed by atoms with E-state index in [1.807, 2.05) is 54.6 Å². The molecule has 15 nitrogen and oxygen atoms in total. The van der Waals surface area contributed by atoms with Gasteiger partial charge in [0, 0.05) is 82.3 Å². The number of aromatic nitrogens is 1. The molecule has 4 aromatic rings. The Balaban J connectivity index is 0.715. The molecule has 1 saturated carbocycles. The molecule has 4 aliphatic rings. The van der Waals surface area contributed by atoms with E-state index in [1.165, 1.54) is 11.3 Å². The first kappa shape index (κ1) is 45.0. The van der Waals surface area contributed by atoms with Gasteiger partial charge in [-0.15, -0.1) is 0 Å². The van der Waals surface area contributed by atoms with Crippen molar-refractivity contribution in [3.63, 3.8) is 0 Å². The van der Waals surface area contributed by atoms with Gasteiger partial charge in [0.05, 0.1) is 16.7 Å². The minimum atomic E-state index is -0.999. The van der Waals surface area contributed by atoms with Crippen molar-refractivity contribution in [2.75, 3.05) is 37.8 Å². The quantitative estimate of drug-likeness (QED) is 0.0669. The van der Waals surface area contributed by atoms with Crippen LogP contribution in [0.1, 0.15) is 135 Å². The van der Waals surface area contributed by atoms with Crippen LogP contribution in [0, 0.1) is 0 Å². The molecule has 1 unspecified atom stereocenters. The van der Waals surface area contributed by atoms with Crippen LogP contribution in [0.25, 0.3) is 0 Å². The third-order valence-corrected chi connectivity index (χ3v) is 13.4. The van der Waals surface area contributed by atoms with E-state index >= 15 is 0 Å². The van der Waals surface area contributed by atoms with E-state index < -0.39 is 29.7 Å². The molecule has 340 valence electrons. The molecule has 15 heteroatoms. The Morgan fingerprint density at radius 2 is 1.52 bits per heavy atom. The lowest BCUT2D eigenvalue weighted by molar-refractivity contribution is -0.136. The van der Waals surface area contributed by atoms with Crippen molar-refractivity contribution in [3.05, 3.63) is 118 Å². The fourth-order valence-corrected chi connectivity index (χ4v) is 9.66. The number of carbonyl (C=O) groups is 7. The zero-order chi connectivity index (χ0) is 45.7. The van der Waals surface area contributed by atoms with Crippen molar-refractivity contribution in [1.82, 2.24) is 29.9 Å². The summed E-state index contributed by atoms with van der Waals surface area (Å²) in [7, 11) is 3.52. The summed E-state index contributed by atoms with van der Waals surface area (Å²) in [6, 6.07) is 23.6. The third-order valence-electron chi connectivity index (χ3n) is 13.4. The number of rotatable bonds is 18. The molecule has 0 radical (unpaired) electrons. The van der Waals surface area contributed by atoms with Gasteiger partial charge in [-0.2, -0.15) is 0 Å². The highest BCUT2D eigenvalue weighted by atomic mass is 16.2. The summed E-state index contributed by atoms with van der Waals surface area (Å²) in [4.78, 5) is 94.1. The Kier molecular flexibility index (Phi) is 13.6. The van der Waals surface area contributed by atoms with Gasteiger partial charge >= 0.3 is 0 Å². The van der Waals surface area contributed by atoms with Crippen LogP contribution in [0.2, 0.25) is 0 Å². The fraction of sp³-hybridized carbons (Fsp3) is 0.420. The Hall–Kier alpha value is -6.61. The van der Waals surface area contributed by atoms with Gasteiger partial charge in [-0.05, 0) is 98.2 Å². The van der Waals surface area contributed by atoms with Crippen molar-refractivity contribution < 1.29 is 33.6 Å². The molecule has 1 aromatic heterocycles. The second-order valence-corrected chi connectivity index (χ2v) is 17.9. The lowest BCUT2D eigenvalue weighted by Gasteiger charge is -2.53. The molecule has 0 bridgehead atoms. The number of fused-ring (bicyclic) bond motifs is 3. The van der Waals surface area contributed by atoms with Crippen LogP contribution >= 0.6 is 0 Å². The van der Waals surface area contributed by atoms with Crippen molar-refractivity contribution >= 4 is 52.7 Å². The number of unbranched alkanes of at least 4 members (excludes halogenated alkanes) is 5. The van der Waals surface area contributed by atoms with Gasteiger partial charge in [0.2, 0.25) is 17.7 Å². The molecular formula is C50H58N8O7. The van der Waals surface area contributed by atoms with Crippen LogP contribution in [0.4, 0.5) is 11.4 Å². The smallest absolute Gasteiger partial charge is 0.268 e. The van der Waals surface area contributed by atoms with E-state index in [0.29, 0.717) is 42.1 Å². The summed E-state index contributed by atoms with van der Waals surface area (Å²) in [5.41, 5.74) is 6.34. The second kappa shape index (κ2) is 19.6. The maximum absolute atomic E-state index is 13.5. The van der Waals surface area contributed by atoms with Crippen molar-refractivity contribution in [3.8, 4) is 0 Å². The summed E-state index contributed by atoms with van der Waals surface area (Å²) >= 11 is 0. The number of piperidine rings is 1. The monoisotopic (exact) mass is 882 g/mol. The predicted octanol–water partition coefficient (Wildman–Crippen LogP) is 6.20. The molecule has 4 N–H and O–H groups in total. The summed E-state index contributed by atoms with van der Waals surface area (Å²) in [6.45, 7) is 3.32. The number of carbonyl (C=O) groups excluding carboxylic acids is 7. The predicted molar refractivity (Wildman–Crippen MR) is 245 cm³/mol. The fourth-order valence-electron chi connectivity index (χ4n) is 9.66. The van der Waals surface area contributed by atoms with Gasteiger partial charge in [0.25, 0.3) is 23.6 Å². The van der Waals surface area contributed by atoms with Crippen LogP contribution in [0.3, 0.4) is 0 Å². The lowest BCUT2D eigenvalue weighted by Crippen LogP contribution is -2.56. The molecule has 7 amide bonds. The number of amides is 7.